The largest absolute Gasteiger partial charge is 0.336 e. The standard InChI is InChI=1S/C12H22N2O/c1-4-10-12(5-7-13-8-6-12)11(15)14(10)9(2)3/h9-10,13H,4-8H2,1-3H3. The molecule has 2 aliphatic rings. The van der Waals surface area contributed by atoms with Gasteiger partial charge in [-0.05, 0) is 46.2 Å². The fraction of sp³-hybridized carbons (Fsp3) is 0.917. The van der Waals surface area contributed by atoms with Crippen LogP contribution in [0.3, 0.4) is 0 Å². The molecule has 0 aromatic heterocycles. The maximum absolute atomic E-state index is 12.2. The molecule has 2 fully saturated rings. The Morgan fingerprint density at radius 2 is 2.07 bits per heavy atom. The van der Waals surface area contributed by atoms with E-state index in [1.807, 2.05) is 0 Å². The first kappa shape index (κ1) is 10.9. The molecule has 0 aromatic rings. The molecule has 0 saturated carbocycles. The van der Waals surface area contributed by atoms with Gasteiger partial charge in [0.25, 0.3) is 0 Å². The van der Waals surface area contributed by atoms with Gasteiger partial charge in [-0.15, -0.1) is 0 Å². The molecule has 1 atom stereocenters. The van der Waals surface area contributed by atoms with Gasteiger partial charge in [0.05, 0.1) is 5.41 Å². The lowest BCUT2D eigenvalue weighted by molar-refractivity contribution is -0.181. The lowest BCUT2D eigenvalue weighted by Gasteiger charge is -2.59. The summed E-state index contributed by atoms with van der Waals surface area (Å²) < 4.78 is 0. The van der Waals surface area contributed by atoms with Crippen LogP contribution in [0.2, 0.25) is 0 Å². The van der Waals surface area contributed by atoms with Crippen LogP contribution in [0, 0.1) is 5.41 Å². The second-order valence-corrected chi connectivity index (χ2v) is 5.14. The molecule has 0 aromatic carbocycles. The molecular formula is C12H22N2O. The van der Waals surface area contributed by atoms with Crippen LogP contribution >= 0.6 is 0 Å². The van der Waals surface area contributed by atoms with Crippen LogP contribution in [0.1, 0.15) is 40.0 Å². The summed E-state index contributed by atoms with van der Waals surface area (Å²) in [4.78, 5) is 14.3. The van der Waals surface area contributed by atoms with E-state index in [9.17, 15) is 4.79 Å². The molecule has 2 saturated heterocycles. The quantitative estimate of drug-likeness (QED) is 0.698. The fourth-order valence-corrected chi connectivity index (χ4v) is 3.34. The second kappa shape index (κ2) is 3.78. The summed E-state index contributed by atoms with van der Waals surface area (Å²) >= 11 is 0. The van der Waals surface area contributed by atoms with Crippen molar-refractivity contribution >= 4 is 5.91 Å². The number of amides is 1. The Balaban J connectivity index is 2.16. The number of β-lactam (4-membered cyclic amide) rings is 1. The van der Waals surface area contributed by atoms with Crippen molar-refractivity contribution in [3.05, 3.63) is 0 Å². The first-order valence-electron chi connectivity index (χ1n) is 6.17. The van der Waals surface area contributed by atoms with Crippen LogP contribution in [-0.4, -0.2) is 36.0 Å². The SMILES string of the molecule is CCC1N(C(C)C)C(=O)C12CCNCC2. The number of carbonyl (C=O) groups excluding carboxylic acids is 1. The van der Waals surface area contributed by atoms with Crippen molar-refractivity contribution in [2.45, 2.75) is 52.1 Å². The molecule has 1 N–H and O–H groups in total. The van der Waals surface area contributed by atoms with Crippen molar-refractivity contribution in [1.82, 2.24) is 10.2 Å². The van der Waals surface area contributed by atoms with E-state index in [1.165, 1.54) is 0 Å². The predicted molar refractivity (Wildman–Crippen MR) is 60.6 cm³/mol. The normalized spacial score (nSPS) is 29.7. The summed E-state index contributed by atoms with van der Waals surface area (Å²) in [6.45, 7) is 8.46. The molecule has 2 rings (SSSR count). The second-order valence-electron chi connectivity index (χ2n) is 5.14. The van der Waals surface area contributed by atoms with Crippen LogP contribution in [-0.2, 0) is 4.79 Å². The predicted octanol–water partition coefficient (Wildman–Crippen LogP) is 1.39. The van der Waals surface area contributed by atoms with Gasteiger partial charge in [0.2, 0.25) is 5.91 Å². The van der Waals surface area contributed by atoms with E-state index >= 15 is 0 Å². The van der Waals surface area contributed by atoms with Crippen LogP contribution in [0.5, 0.6) is 0 Å². The third kappa shape index (κ3) is 1.40. The average molecular weight is 210 g/mol. The molecule has 1 unspecified atom stereocenters. The molecule has 1 amide bonds. The number of hydrogen-bond acceptors (Lipinski definition) is 2. The topological polar surface area (TPSA) is 32.3 Å². The zero-order chi connectivity index (χ0) is 11.1. The Kier molecular flexibility index (Phi) is 2.75. The zero-order valence-corrected chi connectivity index (χ0v) is 10.0. The highest BCUT2D eigenvalue weighted by molar-refractivity contribution is 5.90. The maximum atomic E-state index is 12.2. The van der Waals surface area contributed by atoms with Crippen molar-refractivity contribution in [1.29, 1.82) is 0 Å². The highest BCUT2D eigenvalue weighted by atomic mass is 16.2. The van der Waals surface area contributed by atoms with Crippen molar-refractivity contribution in [2.75, 3.05) is 13.1 Å². The summed E-state index contributed by atoms with van der Waals surface area (Å²) in [5.41, 5.74) is 0.00424. The molecular weight excluding hydrogens is 188 g/mol. The Morgan fingerprint density at radius 1 is 1.47 bits per heavy atom. The van der Waals surface area contributed by atoms with E-state index in [2.05, 4.69) is 31.0 Å². The number of piperidine rings is 1. The van der Waals surface area contributed by atoms with E-state index in [0.717, 1.165) is 32.4 Å². The van der Waals surface area contributed by atoms with Gasteiger partial charge in [-0.25, -0.2) is 0 Å². The third-order valence-electron chi connectivity index (χ3n) is 4.07. The number of nitrogens with one attached hydrogen (secondary N) is 1. The Morgan fingerprint density at radius 3 is 2.53 bits per heavy atom. The number of likely N-dealkylation sites (tertiary alicyclic amines) is 1. The lowest BCUT2D eigenvalue weighted by atomic mass is 9.63. The highest BCUT2D eigenvalue weighted by Gasteiger charge is 2.59. The molecule has 86 valence electrons. The molecule has 0 radical (unpaired) electrons. The van der Waals surface area contributed by atoms with Crippen LogP contribution < -0.4 is 5.32 Å². The Hall–Kier alpha value is -0.570. The van der Waals surface area contributed by atoms with E-state index in [1.54, 1.807) is 0 Å². The van der Waals surface area contributed by atoms with Crippen molar-refractivity contribution in [2.24, 2.45) is 5.41 Å². The number of nitrogens with zero attached hydrogens (tertiary/aromatic N) is 1. The molecule has 0 bridgehead atoms. The van der Waals surface area contributed by atoms with Crippen LogP contribution in [0.4, 0.5) is 0 Å². The fourth-order valence-electron chi connectivity index (χ4n) is 3.34. The molecule has 2 aliphatic heterocycles. The lowest BCUT2D eigenvalue weighted by Crippen LogP contribution is -2.72. The monoisotopic (exact) mass is 210 g/mol. The molecule has 3 nitrogen and oxygen atoms in total. The van der Waals surface area contributed by atoms with Crippen LogP contribution in [0.15, 0.2) is 0 Å². The van der Waals surface area contributed by atoms with Crippen molar-refractivity contribution < 1.29 is 4.79 Å². The van der Waals surface area contributed by atoms with Crippen LogP contribution in [0.25, 0.3) is 0 Å². The number of hydrogen-bond donors (Lipinski definition) is 1. The minimum atomic E-state index is 0.00424. The van der Waals surface area contributed by atoms with Crippen molar-refractivity contribution in [3.8, 4) is 0 Å². The average Bonchev–Trinajstić information content (AvgIpc) is 2.25. The van der Waals surface area contributed by atoms with Gasteiger partial charge in [0.1, 0.15) is 0 Å². The molecule has 2 heterocycles. The van der Waals surface area contributed by atoms with Gasteiger partial charge in [-0.1, -0.05) is 6.92 Å². The van der Waals surface area contributed by atoms with Crippen molar-refractivity contribution in [3.63, 3.8) is 0 Å². The van der Waals surface area contributed by atoms with Gasteiger partial charge in [-0.3, -0.25) is 4.79 Å². The highest BCUT2D eigenvalue weighted by Crippen LogP contribution is 2.48. The molecule has 1 spiro atoms. The van der Waals surface area contributed by atoms with Gasteiger partial charge < -0.3 is 10.2 Å². The third-order valence-corrected chi connectivity index (χ3v) is 4.07. The zero-order valence-electron chi connectivity index (χ0n) is 10.0. The molecule has 0 aliphatic carbocycles. The molecule has 15 heavy (non-hydrogen) atoms. The summed E-state index contributed by atoms with van der Waals surface area (Å²) in [5, 5.41) is 3.35. The van der Waals surface area contributed by atoms with E-state index in [4.69, 9.17) is 0 Å². The summed E-state index contributed by atoms with van der Waals surface area (Å²) in [7, 11) is 0. The smallest absolute Gasteiger partial charge is 0.231 e. The van der Waals surface area contributed by atoms with Gasteiger partial charge >= 0.3 is 0 Å². The minimum Gasteiger partial charge on any atom is -0.336 e. The first-order chi connectivity index (χ1) is 7.13. The van der Waals surface area contributed by atoms with Gasteiger partial charge in [-0.2, -0.15) is 0 Å². The number of carbonyl (C=O) groups is 1. The first-order valence-corrected chi connectivity index (χ1v) is 6.17. The summed E-state index contributed by atoms with van der Waals surface area (Å²) in [6, 6.07) is 0.857. The summed E-state index contributed by atoms with van der Waals surface area (Å²) in [6.07, 6.45) is 3.17. The maximum Gasteiger partial charge on any atom is 0.231 e. The summed E-state index contributed by atoms with van der Waals surface area (Å²) in [5.74, 6) is 0.408. The minimum absolute atomic E-state index is 0.00424. The van der Waals surface area contributed by atoms with Gasteiger partial charge in [0.15, 0.2) is 0 Å². The van der Waals surface area contributed by atoms with E-state index in [0.29, 0.717) is 18.0 Å². The molecule has 3 heteroatoms. The van der Waals surface area contributed by atoms with E-state index < -0.39 is 0 Å². The number of rotatable bonds is 2. The Labute approximate surface area is 92.2 Å². The Bertz CT molecular complexity index is 256. The van der Waals surface area contributed by atoms with E-state index in [-0.39, 0.29) is 5.41 Å². The van der Waals surface area contributed by atoms with Gasteiger partial charge in [0, 0.05) is 12.1 Å².